The molecule has 1 aromatic carbocycles. The van der Waals surface area contributed by atoms with E-state index in [1.54, 1.807) is 7.11 Å². The minimum absolute atomic E-state index is 0.457. The number of aromatic nitrogens is 2. The molecule has 1 saturated heterocycles. The lowest BCUT2D eigenvalue weighted by atomic mass is 10.2. The fourth-order valence-corrected chi connectivity index (χ4v) is 3.03. The Morgan fingerprint density at radius 2 is 2.32 bits per heavy atom. The Balaban J connectivity index is 1.62. The molecular formula is C16H21ClN4O. The van der Waals surface area contributed by atoms with Crippen LogP contribution in [0, 0.1) is 0 Å². The van der Waals surface area contributed by atoms with Crippen molar-refractivity contribution in [2.75, 3.05) is 25.1 Å². The zero-order chi connectivity index (χ0) is 15.5. The number of hydrogen-bond donors (Lipinski definition) is 1. The maximum Gasteiger partial charge on any atom is 0.142 e. The van der Waals surface area contributed by atoms with E-state index in [1.807, 2.05) is 42.3 Å². The van der Waals surface area contributed by atoms with Gasteiger partial charge in [0.15, 0.2) is 0 Å². The van der Waals surface area contributed by atoms with Gasteiger partial charge in [0.05, 0.1) is 24.8 Å². The number of anilines is 1. The third-order valence-electron chi connectivity index (χ3n) is 4.16. The average Bonchev–Trinajstić information content (AvgIpc) is 3.14. The summed E-state index contributed by atoms with van der Waals surface area (Å²) in [7, 11) is 3.71. The molecule has 0 spiro atoms. The zero-order valence-electron chi connectivity index (χ0n) is 12.9. The van der Waals surface area contributed by atoms with Gasteiger partial charge in [-0.25, -0.2) is 4.98 Å². The molecule has 1 aliphatic rings. The first-order valence-corrected chi connectivity index (χ1v) is 7.82. The lowest BCUT2D eigenvalue weighted by Gasteiger charge is -2.22. The first-order valence-electron chi connectivity index (χ1n) is 7.44. The first kappa shape index (κ1) is 15.2. The maximum absolute atomic E-state index is 6.13. The molecule has 22 heavy (non-hydrogen) atoms. The minimum atomic E-state index is 0.457. The summed E-state index contributed by atoms with van der Waals surface area (Å²) in [5, 5.41) is 4.34. The number of ether oxygens (including phenoxy) is 1. The summed E-state index contributed by atoms with van der Waals surface area (Å²) >= 11 is 6.13. The van der Waals surface area contributed by atoms with Crippen LogP contribution in [-0.2, 0) is 13.6 Å². The maximum atomic E-state index is 6.13. The van der Waals surface area contributed by atoms with Gasteiger partial charge in [-0.15, -0.1) is 0 Å². The highest BCUT2D eigenvalue weighted by atomic mass is 35.5. The molecule has 118 valence electrons. The Morgan fingerprint density at radius 1 is 1.45 bits per heavy atom. The van der Waals surface area contributed by atoms with Crippen molar-refractivity contribution >= 4 is 17.3 Å². The summed E-state index contributed by atoms with van der Waals surface area (Å²) in [6.45, 7) is 2.79. The number of methoxy groups -OCH3 is 1. The smallest absolute Gasteiger partial charge is 0.142 e. The molecular weight excluding hydrogens is 300 g/mol. The molecule has 1 atom stereocenters. The predicted octanol–water partition coefficient (Wildman–Crippen LogP) is 2.45. The summed E-state index contributed by atoms with van der Waals surface area (Å²) < 4.78 is 7.49. The van der Waals surface area contributed by atoms with Crippen LogP contribution in [0.1, 0.15) is 12.1 Å². The van der Waals surface area contributed by atoms with Gasteiger partial charge < -0.3 is 19.5 Å². The molecule has 1 fully saturated rings. The van der Waals surface area contributed by atoms with Crippen LogP contribution >= 0.6 is 11.6 Å². The summed E-state index contributed by atoms with van der Waals surface area (Å²) in [6, 6.07) is 6.22. The number of rotatable bonds is 5. The van der Waals surface area contributed by atoms with Crippen LogP contribution in [0.3, 0.4) is 0 Å². The number of aryl methyl sites for hydroxylation is 1. The molecule has 6 heteroatoms. The van der Waals surface area contributed by atoms with E-state index in [2.05, 4.69) is 15.2 Å². The second kappa shape index (κ2) is 6.58. The van der Waals surface area contributed by atoms with Gasteiger partial charge in [-0.05, 0) is 24.6 Å². The molecule has 2 aromatic rings. The van der Waals surface area contributed by atoms with Crippen LogP contribution in [0.4, 0.5) is 5.69 Å². The van der Waals surface area contributed by atoms with Gasteiger partial charge in [0, 0.05) is 43.9 Å². The molecule has 0 amide bonds. The highest BCUT2D eigenvalue weighted by molar-refractivity contribution is 6.30. The van der Waals surface area contributed by atoms with Gasteiger partial charge in [0.25, 0.3) is 0 Å². The van der Waals surface area contributed by atoms with Crippen LogP contribution in [0.25, 0.3) is 0 Å². The molecule has 3 rings (SSSR count). The van der Waals surface area contributed by atoms with E-state index in [4.69, 9.17) is 16.3 Å². The van der Waals surface area contributed by atoms with Gasteiger partial charge >= 0.3 is 0 Å². The van der Waals surface area contributed by atoms with Crippen molar-refractivity contribution in [3.8, 4) is 5.75 Å². The van der Waals surface area contributed by atoms with Crippen molar-refractivity contribution in [1.82, 2.24) is 14.9 Å². The fraction of sp³-hybridized carbons (Fsp3) is 0.438. The highest BCUT2D eigenvalue weighted by Crippen LogP contribution is 2.33. The van der Waals surface area contributed by atoms with Crippen molar-refractivity contribution in [3.05, 3.63) is 41.4 Å². The van der Waals surface area contributed by atoms with E-state index < -0.39 is 0 Å². The number of halogens is 1. The Morgan fingerprint density at radius 3 is 3.05 bits per heavy atom. The van der Waals surface area contributed by atoms with E-state index in [0.29, 0.717) is 6.04 Å². The molecule has 1 aliphatic heterocycles. The Labute approximate surface area is 135 Å². The van der Waals surface area contributed by atoms with Gasteiger partial charge in [-0.3, -0.25) is 0 Å². The molecule has 0 aliphatic carbocycles. The number of nitrogens with one attached hydrogen (secondary N) is 1. The predicted molar refractivity (Wildman–Crippen MR) is 88.7 cm³/mol. The van der Waals surface area contributed by atoms with Crippen LogP contribution in [0.15, 0.2) is 30.7 Å². The standard InChI is InChI=1S/C16H21ClN4O/c1-20-11-18-8-14(20)9-19-13-5-6-21(10-13)15-7-12(17)3-4-16(15)22-2/h3-4,7-8,11,13,19H,5-6,9-10H2,1-2H3. The SMILES string of the molecule is COc1ccc(Cl)cc1N1CCC(NCc2cncn2C)C1. The number of imidazole rings is 1. The van der Waals surface area contributed by atoms with Crippen LogP contribution in [0.5, 0.6) is 5.75 Å². The normalized spacial score (nSPS) is 18.0. The molecule has 0 radical (unpaired) electrons. The highest BCUT2D eigenvalue weighted by Gasteiger charge is 2.24. The monoisotopic (exact) mass is 320 g/mol. The van der Waals surface area contributed by atoms with Gasteiger partial charge in [0.2, 0.25) is 0 Å². The topological polar surface area (TPSA) is 42.3 Å². The molecule has 2 heterocycles. The second-order valence-electron chi connectivity index (χ2n) is 5.62. The largest absolute Gasteiger partial charge is 0.495 e. The third-order valence-corrected chi connectivity index (χ3v) is 4.39. The summed E-state index contributed by atoms with van der Waals surface area (Å²) in [5.41, 5.74) is 2.26. The number of hydrogen-bond acceptors (Lipinski definition) is 4. The van der Waals surface area contributed by atoms with E-state index >= 15 is 0 Å². The van der Waals surface area contributed by atoms with Gasteiger partial charge in [0.1, 0.15) is 5.75 Å². The summed E-state index contributed by atoms with van der Waals surface area (Å²) in [4.78, 5) is 6.47. The summed E-state index contributed by atoms with van der Waals surface area (Å²) in [5.74, 6) is 0.872. The third kappa shape index (κ3) is 3.20. The van der Waals surface area contributed by atoms with Crippen LogP contribution < -0.4 is 15.0 Å². The van der Waals surface area contributed by atoms with Crippen molar-refractivity contribution in [2.45, 2.75) is 19.0 Å². The molecule has 1 aromatic heterocycles. The van der Waals surface area contributed by atoms with Crippen molar-refractivity contribution in [3.63, 3.8) is 0 Å². The Bertz CT molecular complexity index is 643. The van der Waals surface area contributed by atoms with Crippen molar-refractivity contribution < 1.29 is 4.74 Å². The molecule has 1 unspecified atom stereocenters. The first-order chi connectivity index (χ1) is 10.7. The number of benzene rings is 1. The molecule has 5 nitrogen and oxygen atoms in total. The van der Waals surface area contributed by atoms with E-state index in [-0.39, 0.29) is 0 Å². The van der Waals surface area contributed by atoms with Crippen LogP contribution in [-0.4, -0.2) is 35.8 Å². The number of nitrogens with zero attached hydrogens (tertiary/aromatic N) is 3. The average molecular weight is 321 g/mol. The quantitative estimate of drug-likeness (QED) is 0.919. The van der Waals surface area contributed by atoms with E-state index in [0.717, 1.165) is 42.5 Å². The zero-order valence-corrected chi connectivity index (χ0v) is 13.7. The molecule has 0 saturated carbocycles. The van der Waals surface area contributed by atoms with Crippen molar-refractivity contribution in [2.24, 2.45) is 7.05 Å². The molecule has 0 bridgehead atoms. The lowest BCUT2D eigenvalue weighted by molar-refractivity contribution is 0.414. The second-order valence-corrected chi connectivity index (χ2v) is 6.06. The fourth-order valence-electron chi connectivity index (χ4n) is 2.86. The van der Waals surface area contributed by atoms with E-state index in [1.165, 1.54) is 5.69 Å². The lowest BCUT2D eigenvalue weighted by Crippen LogP contribution is -2.32. The van der Waals surface area contributed by atoms with Crippen LogP contribution in [0.2, 0.25) is 5.02 Å². The minimum Gasteiger partial charge on any atom is -0.495 e. The Hall–Kier alpha value is -1.72. The summed E-state index contributed by atoms with van der Waals surface area (Å²) in [6.07, 6.45) is 4.84. The van der Waals surface area contributed by atoms with Crippen molar-refractivity contribution in [1.29, 1.82) is 0 Å². The van der Waals surface area contributed by atoms with E-state index in [9.17, 15) is 0 Å². The van der Waals surface area contributed by atoms with Gasteiger partial charge in [-0.2, -0.15) is 0 Å². The van der Waals surface area contributed by atoms with Gasteiger partial charge in [-0.1, -0.05) is 11.6 Å². The molecule has 1 N–H and O–H groups in total. The Kier molecular flexibility index (Phi) is 4.55.